The SMILES string of the molecule is CCOCCCNC(=O)CCn1[nH]c(=O)c2ccccc2c1=O. The second-order valence-corrected chi connectivity index (χ2v) is 5.09. The fourth-order valence-electron chi connectivity index (χ4n) is 2.25. The number of ether oxygens (including phenoxy) is 1. The fraction of sp³-hybridized carbons (Fsp3) is 0.438. The van der Waals surface area contributed by atoms with E-state index >= 15 is 0 Å². The average molecular weight is 319 g/mol. The molecule has 2 aromatic rings. The van der Waals surface area contributed by atoms with E-state index in [9.17, 15) is 14.4 Å². The third-order valence-corrected chi connectivity index (χ3v) is 3.44. The number of carbonyl (C=O) groups excluding carboxylic acids is 1. The third kappa shape index (κ3) is 4.53. The molecule has 0 radical (unpaired) electrons. The molecule has 124 valence electrons. The molecule has 0 atom stereocenters. The first kappa shape index (κ1) is 17.0. The van der Waals surface area contributed by atoms with Crippen molar-refractivity contribution in [2.24, 2.45) is 0 Å². The molecule has 0 aliphatic carbocycles. The molecule has 23 heavy (non-hydrogen) atoms. The van der Waals surface area contributed by atoms with Gasteiger partial charge < -0.3 is 10.1 Å². The smallest absolute Gasteiger partial charge is 0.273 e. The Balaban J connectivity index is 1.95. The number of benzene rings is 1. The summed E-state index contributed by atoms with van der Waals surface area (Å²) >= 11 is 0. The second kappa shape index (κ2) is 8.28. The van der Waals surface area contributed by atoms with Gasteiger partial charge in [-0.05, 0) is 25.5 Å². The van der Waals surface area contributed by atoms with Gasteiger partial charge in [-0.15, -0.1) is 0 Å². The lowest BCUT2D eigenvalue weighted by atomic mass is 10.2. The van der Waals surface area contributed by atoms with Crippen LogP contribution in [0.15, 0.2) is 33.9 Å². The predicted molar refractivity (Wildman–Crippen MR) is 87.6 cm³/mol. The Morgan fingerprint density at radius 3 is 2.74 bits per heavy atom. The molecule has 0 fully saturated rings. The third-order valence-electron chi connectivity index (χ3n) is 3.44. The van der Waals surface area contributed by atoms with Gasteiger partial charge in [0.2, 0.25) is 5.91 Å². The van der Waals surface area contributed by atoms with Crippen molar-refractivity contribution in [1.82, 2.24) is 15.1 Å². The van der Waals surface area contributed by atoms with Crippen LogP contribution in [0.25, 0.3) is 10.8 Å². The number of nitrogens with one attached hydrogen (secondary N) is 2. The second-order valence-electron chi connectivity index (χ2n) is 5.09. The van der Waals surface area contributed by atoms with Crippen LogP contribution in [0.4, 0.5) is 0 Å². The lowest BCUT2D eigenvalue weighted by molar-refractivity contribution is -0.121. The largest absolute Gasteiger partial charge is 0.382 e. The molecule has 0 unspecified atom stereocenters. The first-order chi connectivity index (χ1) is 11.1. The normalized spacial score (nSPS) is 10.8. The van der Waals surface area contributed by atoms with Gasteiger partial charge in [0.15, 0.2) is 0 Å². The van der Waals surface area contributed by atoms with Crippen molar-refractivity contribution in [3.8, 4) is 0 Å². The number of amides is 1. The maximum Gasteiger partial charge on any atom is 0.273 e. The van der Waals surface area contributed by atoms with Crippen LogP contribution in [0.5, 0.6) is 0 Å². The van der Waals surface area contributed by atoms with Crippen LogP contribution in [0.3, 0.4) is 0 Å². The van der Waals surface area contributed by atoms with E-state index in [1.165, 1.54) is 4.68 Å². The summed E-state index contributed by atoms with van der Waals surface area (Å²) in [6.07, 6.45) is 0.870. The van der Waals surface area contributed by atoms with Gasteiger partial charge in [0.25, 0.3) is 11.1 Å². The predicted octanol–water partition coefficient (Wildman–Crippen LogP) is 0.623. The highest BCUT2D eigenvalue weighted by Gasteiger charge is 2.08. The average Bonchev–Trinajstić information content (AvgIpc) is 2.56. The summed E-state index contributed by atoms with van der Waals surface area (Å²) in [7, 11) is 0. The molecule has 0 saturated carbocycles. The lowest BCUT2D eigenvalue weighted by Crippen LogP contribution is -2.32. The molecule has 7 nitrogen and oxygen atoms in total. The number of aromatic nitrogens is 2. The van der Waals surface area contributed by atoms with Gasteiger partial charge in [-0.2, -0.15) is 0 Å². The van der Waals surface area contributed by atoms with Crippen LogP contribution in [0, 0.1) is 0 Å². The monoisotopic (exact) mass is 319 g/mol. The highest BCUT2D eigenvalue weighted by molar-refractivity contribution is 5.80. The van der Waals surface area contributed by atoms with Crippen LogP contribution in [-0.4, -0.2) is 35.4 Å². The first-order valence-corrected chi connectivity index (χ1v) is 7.69. The maximum absolute atomic E-state index is 12.3. The topological polar surface area (TPSA) is 93.2 Å². The zero-order valence-electron chi connectivity index (χ0n) is 13.1. The Morgan fingerprint density at radius 2 is 2.00 bits per heavy atom. The minimum absolute atomic E-state index is 0.128. The van der Waals surface area contributed by atoms with E-state index in [1.54, 1.807) is 24.3 Å². The minimum atomic E-state index is -0.336. The summed E-state index contributed by atoms with van der Waals surface area (Å²) in [6.45, 7) is 3.85. The molecule has 1 amide bonds. The molecule has 0 aliphatic rings. The Hall–Kier alpha value is -2.41. The van der Waals surface area contributed by atoms with Gasteiger partial charge in [-0.1, -0.05) is 12.1 Å². The number of carbonyl (C=O) groups is 1. The quantitative estimate of drug-likeness (QED) is 0.698. The highest BCUT2D eigenvalue weighted by Crippen LogP contribution is 2.02. The van der Waals surface area contributed by atoms with E-state index < -0.39 is 0 Å². The molecular weight excluding hydrogens is 298 g/mol. The zero-order valence-corrected chi connectivity index (χ0v) is 13.1. The first-order valence-electron chi connectivity index (χ1n) is 7.69. The van der Waals surface area contributed by atoms with Gasteiger partial charge >= 0.3 is 0 Å². The van der Waals surface area contributed by atoms with Gasteiger partial charge in [-0.3, -0.25) is 19.5 Å². The van der Waals surface area contributed by atoms with E-state index in [0.29, 0.717) is 30.5 Å². The van der Waals surface area contributed by atoms with Crippen LogP contribution in [-0.2, 0) is 16.1 Å². The van der Waals surface area contributed by atoms with Crippen molar-refractivity contribution < 1.29 is 9.53 Å². The molecule has 1 aromatic carbocycles. The van der Waals surface area contributed by atoms with Crippen LogP contribution in [0.2, 0.25) is 0 Å². The van der Waals surface area contributed by atoms with E-state index in [-0.39, 0.29) is 30.0 Å². The van der Waals surface area contributed by atoms with E-state index in [2.05, 4.69) is 10.4 Å². The van der Waals surface area contributed by atoms with E-state index in [0.717, 1.165) is 6.42 Å². The molecule has 0 spiro atoms. The maximum atomic E-state index is 12.3. The molecule has 0 saturated heterocycles. The van der Waals surface area contributed by atoms with Crippen LogP contribution < -0.4 is 16.4 Å². The number of rotatable bonds is 8. The molecule has 0 aliphatic heterocycles. The van der Waals surface area contributed by atoms with Crippen LogP contribution >= 0.6 is 0 Å². The molecule has 2 N–H and O–H groups in total. The fourth-order valence-corrected chi connectivity index (χ4v) is 2.25. The Labute approximate surface area is 133 Å². The van der Waals surface area contributed by atoms with Gasteiger partial charge in [0.1, 0.15) is 0 Å². The number of H-pyrrole nitrogens is 1. The number of hydrogen-bond donors (Lipinski definition) is 2. The number of nitrogens with zero attached hydrogens (tertiary/aromatic N) is 1. The summed E-state index contributed by atoms with van der Waals surface area (Å²) in [5, 5.41) is 5.97. The molecule has 1 aromatic heterocycles. The number of hydrogen-bond acceptors (Lipinski definition) is 4. The highest BCUT2D eigenvalue weighted by atomic mass is 16.5. The summed E-state index contributed by atoms with van der Waals surface area (Å²) in [5.41, 5.74) is -0.637. The number of aromatic amines is 1. The van der Waals surface area contributed by atoms with E-state index in [1.807, 2.05) is 6.92 Å². The Morgan fingerprint density at radius 1 is 1.26 bits per heavy atom. The molecule has 2 rings (SSSR count). The van der Waals surface area contributed by atoms with Crippen LogP contribution in [0.1, 0.15) is 19.8 Å². The number of fused-ring (bicyclic) bond motifs is 1. The van der Waals surface area contributed by atoms with Crippen molar-refractivity contribution in [1.29, 1.82) is 0 Å². The summed E-state index contributed by atoms with van der Waals surface area (Å²) in [6, 6.07) is 6.62. The zero-order chi connectivity index (χ0) is 16.7. The van der Waals surface area contributed by atoms with Gasteiger partial charge in [0.05, 0.1) is 17.3 Å². The standard InChI is InChI=1S/C16H21N3O4/c1-2-23-11-5-9-17-14(20)8-10-19-16(22)13-7-4-3-6-12(13)15(21)18-19/h3-4,6-7H,2,5,8-11H2,1H3,(H,17,20)(H,18,21). The summed E-state index contributed by atoms with van der Waals surface area (Å²) in [4.78, 5) is 36.0. The minimum Gasteiger partial charge on any atom is -0.382 e. The molecule has 0 bridgehead atoms. The lowest BCUT2D eigenvalue weighted by Gasteiger charge is -2.08. The van der Waals surface area contributed by atoms with Gasteiger partial charge in [-0.25, -0.2) is 4.68 Å². The van der Waals surface area contributed by atoms with Gasteiger partial charge in [0, 0.05) is 26.2 Å². The van der Waals surface area contributed by atoms with Crippen molar-refractivity contribution in [3.05, 3.63) is 45.0 Å². The molecule has 1 heterocycles. The molecule has 7 heteroatoms. The van der Waals surface area contributed by atoms with E-state index in [4.69, 9.17) is 4.74 Å². The van der Waals surface area contributed by atoms with Crippen molar-refractivity contribution in [3.63, 3.8) is 0 Å². The summed E-state index contributed by atoms with van der Waals surface area (Å²) < 4.78 is 6.36. The van der Waals surface area contributed by atoms with Crippen molar-refractivity contribution in [2.45, 2.75) is 26.3 Å². The summed E-state index contributed by atoms with van der Waals surface area (Å²) in [5.74, 6) is -0.164. The molecular formula is C16H21N3O4. The Bertz CT molecular complexity index is 779. The van der Waals surface area contributed by atoms with Crippen molar-refractivity contribution in [2.75, 3.05) is 19.8 Å². The van der Waals surface area contributed by atoms with Crippen molar-refractivity contribution >= 4 is 16.7 Å². The Kier molecular flexibility index (Phi) is 6.10. The number of aryl methyl sites for hydroxylation is 1.